The maximum absolute atomic E-state index is 9.87. The number of rotatable bonds is 8. The number of aliphatic hydroxyl groups is 1. The molecule has 7 heteroatoms. The summed E-state index contributed by atoms with van der Waals surface area (Å²) in [6.07, 6.45) is 1.03. The van der Waals surface area contributed by atoms with Crippen LogP contribution in [-0.4, -0.2) is 46.2 Å². The molecule has 1 heterocycles. The molecule has 0 saturated carbocycles. The van der Waals surface area contributed by atoms with Gasteiger partial charge < -0.3 is 24.5 Å². The smallest absolute Gasteiger partial charge is 0.146 e. The first kappa shape index (κ1) is 15.3. The average Bonchev–Trinajstić information content (AvgIpc) is 2.91. The SMILES string of the molecule is COc1cccc(OCC(O)CNCc2nncn2C)c1. The Labute approximate surface area is 123 Å². The first-order valence-electron chi connectivity index (χ1n) is 6.67. The summed E-state index contributed by atoms with van der Waals surface area (Å²) in [7, 11) is 3.48. The molecule has 0 aliphatic rings. The van der Waals surface area contributed by atoms with E-state index in [1.54, 1.807) is 19.5 Å². The minimum atomic E-state index is -0.607. The number of hydrogen-bond acceptors (Lipinski definition) is 6. The third kappa shape index (κ3) is 4.73. The lowest BCUT2D eigenvalue weighted by molar-refractivity contribution is 0.106. The average molecular weight is 292 g/mol. The van der Waals surface area contributed by atoms with E-state index in [9.17, 15) is 5.11 Å². The highest BCUT2D eigenvalue weighted by molar-refractivity contribution is 5.32. The van der Waals surface area contributed by atoms with Gasteiger partial charge in [-0.2, -0.15) is 0 Å². The van der Waals surface area contributed by atoms with E-state index in [0.717, 1.165) is 11.6 Å². The fourth-order valence-corrected chi connectivity index (χ4v) is 1.76. The van der Waals surface area contributed by atoms with Gasteiger partial charge in [-0.05, 0) is 12.1 Å². The van der Waals surface area contributed by atoms with Gasteiger partial charge in [-0.3, -0.25) is 0 Å². The molecule has 0 radical (unpaired) electrons. The summed E-state index contributed by atoms with van der Waals surface area (Å²) < 4.78 is 12.5. The van der Waals surface area contributed by atoms with Gasteiger partial charge in [0.1, 0.15) is 36.4 Å². The van der Waals surface area contributed by atoms with Crippen molar-refractivity contribution in [1.29, 1.82) is 0 Å². The Morgan fingerprint density at radius 1 is 1.38 bits per heavy atom. The number of aliphatic hydroxyl groups excluding tert-OH is 1. The summed E-state index contributed by atoms with van der Waals surface area (Å²) in [6, 6.07) is 7.28. The van der Waals surface area contributed by atoms with Gasteiger partial charge in [-0.1, -0.05) is 6.07 Å². The van der Waals surface area contributed by atoms with E-state index in [1.807, 2.05) is 29.8 Å². The van der Waals surface area contributed by atoms with E-state index in [4.69, 9.17) is 9.47 Å². The predicted octanol–water partition coefficient (Wildman–Crippen LogP) is 0.353. The van der Waals surface area contributed by atoms with Crippen LogP contribution < -0.4 is 14.8 Å². The number of aryl methyl sites for hydroxylation is 1. The second kappa shape index (κ2) is 7.61. The van der Waals surface area contributed by atoms with Crippen LogP contribution in [0.4, 0.5) is 0 Å². The topological polar surface area (TPSA) is 81.4 Å². The lowest BCUT2D eigenvalue weighted by atomic mass is 10.3. The lowest BCUT2D eigenvalue weighted by Crippen LogP contribution is -2.31. The quantitative estimate of drug-likeness (QED) is 0.731. The Morgan fingerprint density at radius 2 is 2.19 bits per heavy atom. The fourth-order valence-electron chi connectivity index (χ4n) is 1.76. The van der Waals surface area contributed by atoms with Crippen LogP contribution in [0, 0.1) is 0 Å². The van der Waals surface area contributed by atoms with E-state index in [0.29, 0.717) is 18.8 Å². The third-order valence-corrected chi connectivity index (χ3v) is 2.95. The van der Waals surface area contributed by atoms with Gasteiger partial charge in [-0.15, -0.1) is 10.2 Å². The number of ether oxygens (including phenoxy) is 2. The van der Waals surface area contributed by atoms with Crippen molar-refractivity contribution in [2.45, 2.75) is 12.6 Å². The molecule has 0 aliphatic heterocycles. The molecule has 1 aromatic carbocycles. The summed E-state index contributed by atoms with van der Waals surface area (Å²) in [5.41, 5.74) is 0. The molecule has 2 aromatic rings. The summed E-state index contributed by atoms with van der Waals surface area (Å²) in [5, 5.41) is 20.7. The zero-order valence-corrected chi connectivity index (χ0v) is 12.2. The molecule has 0 fully saturated rings. The molecule has 0 amide bonds. The number of hydrogen-bond donors (Lipinski definition) is 2. The van der Waals surface area contributed by atoms with E-state index in [1.165, 1.54) is 0 Å². The molecule has 1 aromatic heterocycles. The predicted molar refractivity (Wildman–Crippen MR) is 77.2 cm³/mol. The Morgan fingerprint density at radius 3 is 2.90 bits per heavy atom. The summed E-state index contributed by atoms with van der Waals surface area (Å²) in [4.78, 5) is 0. The zero-order chi connectivity index (χ0) is 15.1. The van der Waals surface area contributed by atoms with Crippen LogP contribution in [0.15, 0.2) is 30.6 Å². The van der Waals surface area contributed by atoms with Gasteiger partial charge in [-0.25, -0.2) is 0 Å². The van der Waals surface area contributed by atoms with Crippen molar-refractivity contribution in [3.8, 4) is 11.5 Å². The monoisotopic (exact) mass is 292 g/mol. The van der Waals surface area contributed by atoms with Gasteiger partial charge in [0.2, 0.25) is 0 Å². The first-order valence-corrected chi connectivity index (χ1v) is 6.67. The number of nitrogens with zero attached hydrogens (tertiary/aromatic N) is 3. The molecule has 21 heavy (non-hydrogen) atoms. The summed E-state index contributed by atoms with van der Waals surface area (Å²) in [6.45, 7) is 1.17. The van der Waals surface area contributed by atoms with Crippen LogP contribution >= 0.6 is 0 Å². The van der Waals surface area contributed by atoms with Crippen LogP contribution in [0.5, 0.6) is 11.5 Å². The normalized spacial score (nSPS) is 12.1. The third-order valence-electron chi connectivity index (χ3n) is 2.95. The highest BCUT2D eigenvalue weighted by Crippen LogP contribution is 2.18. The number of benzene rings is 1. The van der Waals surface area contributed by atoms with Crippen molar-refractivity contribution in [3.63, 3.8) is 0 Å². The van der Waals surface area contributed by atoms with E-state index < -0.39 is 6.10 Å². The number of aromatic nitrogens is 3. The van der Waals surface area contributed by atoms with E-state index >= 15 is 0 Å². The Balaban J connectivity index is 1.69. The number of methoxy groups -OCH3 is 1. The minimum Gasteiger partial charge on any atom is -0.497 e. The number of nitrogens with one attached hydrogen (secondary N) is 1. The largest absolute Gasteiger partial charge is 0.497 e. The summed E-state index contributed by atoms with van der Waals surface area (Å²) in [5.74, 6) is 2.21. The molecular weight excluding hydrogens is 272 g/mol. The van der Waals surface area contributed by atoms with Gasteiger partial charge in [0.05, 0.1) is 13.7 Å². The Bertz CT molecular complexity index is 559. The molecule has 0 spiro atoms. The van der Waals surface area contributed by atoms with Gasteiger partial charge in [0.15, 0.2) is 0 Å². The highest BCUT2D eigenvalue weighted by Gasteiger charge is 2.07. The lowest BCUT2D eigenvalue weighted by Gasteiger charge is -2.13. The minimum absolute atomic E-state index is 0.207. The van der Waals surface area contributed by atoms with Crippen molar-refractivity contribution < 1.29 is 14.6 Å². The van der Waals surface area contributed by atoms with Crippen molar-refractivity contribution >= 4 is 0 Å². The second-order valence-electron chi connectivity index (χ2n) is 4.63. The molecule has 2 N–H and O–H groups in total. The molecule has 0 bridgehead atoms. The fraction of sp³-hybridized carbons (Fsp3) is 0.429. The van der Waals surface area contributed by atoms with Crippen LogP contribution in [0.3, 0.4) is 0 Å². The van der Waals surface area contributed by atoms with Crippen LogP contribution in [0.25, 0.3) is 0 Å². The molecule has 2 rings (SSSR count). The molecule has 0 aliphatic carbocycles. The standard InChI is InChI=1S/C14H20N4O3/c1-18-10-16-17-14(18)8-15-7-11(19)9-21-13-5-3-4-12(6-13)20-2/h3-6,10-11,15,19H,7-9H2,1-2H3. The zero-order valence-electron chi connectivity index (χ0n) is 12.2. The molecule has 1 atom stereocenters. The van der Waals surface area contributed by atoms with Crippen LogP contribution in [0.1, 0.15) is 5.82 Å². The maximum Gasteiger partial charge on any atom is 0.146 e. The molecule has 114 valence electrons. The Kier molecular flexibility index (Phi) is 5.53. The van der Waals surface area contributed by atoms with Gasteiger partial charge in [0.25, 0.3) is 0 Å². The second-order valence-corrected chi connectivity index (χ2v) is 4.63. The van der Waals surface area contributed by atoms with E-state index in [2.05, 4.69) is 15.5 Å². The summed E-state index contributed by atoms with van der Waals surface area (Å²) >= 11 is 0. The van der Waals surface area contributed by atoms with Crippen molar-refractivity contribution in [2.75, 3.05) is 20.3 Å². The molecule has 0 saturated heterocycles. The molecule has 7 nitrogen and oxygen atoms in total. The first-order chi connectivity index (χ1) is 10.2. The van der Waals surface area contributed by atoms with Crippen molar-refractivity contribution in [2.24, 2.45) is 7.05 Å². The van der Waals surface area contributed by atoms with Crippen molar-refractivity contribution in [1.82, 2.24) is 20.1 Å². The van der Waals surface area contributed by atoms with Crippen molar-refractivity contribution in [3.05, 3.63) is 36.4 Å². The molecule has 1 unspecified atom stereocenters. The van der Waals surface area contributed by atoms with Crippen LogP contribution in [-0.2, 0) is 13.6 Å². The Hall–Kier alpha value is -2.12. The van der Waals surface area contributed by atoms with Gasteiger partial charge in [0, 0.05) is 19.7 Å². The highest BCUT2D eigenvalue weighted by atomic mass is 16.5. The van der Waals surface area contributed by atoms with Gasteiger partial charge >= 0.3 is 0 Å². The van der Waals surface area contributed by atoms with E-state index in [-0.39, 0.29) is 6.61 Å². The van der Waals surface area contributed by atoms with Crippen LogP contribution in [0.2, 0.25) is 0 Å². The molecular formula is C14H20N4O3. The maximum atomic E-state index is 9.87.